The zero-order valence-corrected chi connectivity index (χ0v) is 6.09. The molecule has 0 atom stereocenters. The molecule has 1 nitrogen and oxygen atoms in total. The summed E-state index contributed by atoms with van der Waals surface area (Å²) in [4.78, 5) is 0. The van der Waals surface area contributed by atoms with E-state index < -0.39 is 0 Å². The third-order valence-electron chi connectivity index (χ3n) is 1.09. The van der Waals surface area contributed by atoms with Gasteiger partial charge in [-0.05, 0) is 0 Å². The van der Waals surface area contributed by atoms with Crippen molar-refractivity contribution in [2.75, 3.05) is 6.61 Å². The van der Waals surface area contributed by atoms with E-state index in [-0.39, 0.29) is 12.0 Å². The van der Waals surface area contributed by atoms with E-state index in [1.165, 1.54) is 0 Å². The molecule has 0 saturated carbocycles. The van der Waals surface area contributed by atoms with Crippen LogP contribution in [0.3, 0.4) is 0 Å². The zero-order chi connectivity index (χ0) is 7.33. The Morgan fingerprint density at radius 2 is 2.11 bits per heavy atom. The van der Waals surface area contributed by atoms with E-state index in [9.17, 15) is 0 Å². The predicted octanol–water partition coefficient (Wildman–Crippen LogP) is 1.75. The highest BCUT2D eigenvalue weighted by Crippen LogP contribution is 2.14. The summed E-state index contributed by atoms with van der Waals surface area (Å²) in [6, 6.07) is 0. The minimum Gasteiger partial charge on any atom is -0.395 e. The second-order valence-corrected chi connectivity index (χ2v) is 2.74. The Kier molecular flexibility index (Phi) is 3.25. The first kappa shape index (κ1) is 8.44. The molecule has 0 heterocycles. The quantitative estimate of drug-likeness (QED) is 0.571. The van der Waals surface area contributed by atoms with Crippen molar-refractivity contribution in [2.24, 2.45) is 5.41 Å². The highest BCUT2D eigenvalue weighted by Gasteiger charge is 2.09. The first-order chi connectivity index (χ1) is 4.12. The summed E-state index contributed by atoms with van der Waals surface area (Å²) in [5, 5.41) is 8.74. The molecule has 9 heavy (non-hydrogen) atoms. The number of rotatable bonds is 3. The SMILES string of the molecule is C=C/C=C/C(C)(C)CO. The molecule has 0 radical (unpaired) electrons. The zero-order valence-electron chi connectivity index (χ0n) is 6.09. The summed E-state index contributed by atoms with van der Waals surface area (Å²) in [5.74, 6) is 0. The molecule has 0 rings (SSSR count). The Morgan fingerprint density at radius 1 is 1.56 bits per heavy atom. The Labute approximate surface area is 56.7 Å². The normalized spacial score (nSPS) is 12.3. The van der Waals surface area contributed by atoms with Crippen LogP contribution in [0.4, 0.5) is 0 Å². The van der Waals surface area contributed by atoms with Crippen molar-refractivity contribution in [3.8, 4) is 0 Å². The highest BCUT2D eigenvalue weighted by atomic mass is 16.3. The third-order valence-corrected chi connectivity index (χ3v) is 1.09. The molecule has 0 amide bonds. The van der Waals surface area contributed by atoms with Gasteiger partial charge in [0.2, 0.25) is 0 Å². The van der Waals surface area contributed by atoms with Gasteiger partial charge in [0.25, 0.3) is 0 Å². The molecule has 0 aromatic carbocycles. The highest BCUT2D eigenvalue weighted by molar-refractivity contribution is 5.03. The largest absolute Gasteiger partial charge is 0.395 e. The van der Waals surface area contributed by atoms with Gasteiger partial charge in [0.1, 0.15) is 0 Å². The van der Waals surface area contributed by atoms with Crippen molar-refractivity contribution < 1.29 is 5.11 Å². The fourth-order valence-corrected chi connectivity index (χ4v) is 0.381. The van der Waals surface area contributed by atoms with Crippen molar-refractivity contribution in [2.45, 2.75) is 13.8 Å². The molecule has 1 N–H and O–H groups in total. The molecule has 0 saturated heterocycles. The molecule has 0 fully saturated rings. The number of aliphatic hydroxyl groups is 1. The van der Waals surface area contributed by atoms with Gasteiger partial charge in [0, 0.05) is 5.41 Å². The van der Waals surface area contributed by atoms with Crippen molar-refractivity contribution in [1.82, 2.24) is 0 Å². The Morgan fingerprint density at radius 3 is 2.44 bits per heavy atom. The summed E-state index contributed by atoms with van der Waals surface area (Å²) in [5.41, 5.74) is -0.103. The van der Waals surface area contributed by atoms with Crippen molar-refractivity contribution >= 4 is 0 Å². The van der Waals surface area contributed by atoms with Gasteiger partial charge in [0.15, 0.2) is 0 Å². The Bertz CT molecular complexity index is 112. The topological polar surface area (TPSA) is 20.2 Å². The summed E-state index contributed by atoms with van der Waals surface area (Å²) in [6.45, 7) is 7.64. The number of hydrogen-bond acceptors (Lipinski definition) is 1. The molecule has 0 aromatic rings. The van der Waals surface area contributed by atoms with E-state index in [1.807, 2.05) is 26.0 Å². The van der Waals surface area contributed by atoms with Crippen molar-refractivity contribution in [3.63, 3.8) is 0 Å². The number of allylic oxidation sites excluding steroid dienone is 2. The number of hydrogen-bond donors (Lipinski definition) is 1. The molecular formula is C8H14O. The van der Waals surface area contributed by atoms with E-state index in [2.05, 4.69) is 6.58 Å². The van der Waals surface area contributed by atoms with E-state index in [1.54, 1.807) is 6.08 Å². The molecule has 0 spiro atoms. The first-order valence-electron chi connectivity index (χ1n) is 3.03. The molecule has 1 heteroatoms. The molecule has 0 unspecified atom stereocenters. The van der Waals surface area contributed by atoms with Gasteiger partial charge in [-0.15, -0.1) is 0 Å². The van der Waals surface area contributed by atoms with Crippen LogP contribution in [0.1, 0.15) is 13.8 Å². The summed E-state index contributed by atoms with van der Waals surface area (Å²) in [7, 11) is 0. The second kappa shape index (κ2) is 3.46. The molecule has 0 bridgehead atoms. The standard InChI is InChI=1S/C8H14O/c1-4-5-6-8(2,3)7-9/h4-6,9H,1,7H2,2-3H3/b6-5+. The first-order valence-corrected chi connectivity index (χ1v) is 3.03. The van der Waals surface area contributed by atoms with E-state index in [4.69, 9.17) is 5.11 Å². The van der Waals surface area contributed by atoms with Crippen molar-refractivity contribution in [3.05, 3.63) is 24.8 Å². The van der Waals surface area contributed by atoms with Gasteiger partial charge < -0.3 is 5.11 Å². The molecule has 0 aliphatic carbocycles. The lowest BCUT2D eigenvalue weighted by Crippen LogP contribution is -2.12. The molecule has 0 aromatic heterocycles. The monoisotopic (exact) mass is 126 g/mol. The maximum atomic E-state index is 8.74. The van der Waals surface area contributed by atoms with Crippen LogP contribution in [-0.2, 0) is 0 Å². The van der Waals surface area contributed by atoms with Crippen LogP contribution in [0.2, 0.25) is 0 Å². The fourth-order valence-electron chi connectivity index (χ4n) is 0.381. The average Bonchev–Trinajstić information content (AvgIpc) is 1.84. The molecule has 52 valence electrons. The maximum absolute atomic E-state index is 8.74. The van der Waals surface area contributed by atoms with Crippen LogP contribution in [-0.4, -0.2) is 11.7 Å². The maximum Gasteiger partial charge on any atom is 0.0516 e. The van der Waals surface area contributed by atoms with Crippen LogP contribution >= 0.6 is 0 Å². The van der Waals surface area contributed by atoms with Gasteiger partial charge in [-0.3, -0.25) is 0 Å². The van der Waals surface area contributed by atoms with Gasteiger partial charge >= 0.3 is 0 Å². The second-order valence-electron chi connectivity index (χ2n) is 2.74. The summed E-state index contributed by atoms with van der Waals surface area (Å²) in [6.07, 6.45) is 5.48. The van der Waals surface area contributed by atoms with Crippen LogP contribution in [0, 0.1) is 5.41 Å². The minimum atomic E-state index is -0.103. The van der Waals surface area contributed by atoms with Gasteiger partial charge in [-0.25, -0.2) is 0 Å². The minimum absolute atomic E-state index is 0.103. The lowest BCUT2D eigenvalue weighted by atomic mass is 9.94. The summed E-state index contributed by atoms with van der Waals surface area (Å²) < 4.78 is 0. The smallest absolute Gasteiger partial charge is 0.0516 e. The van der Waals surface area contributed by atoms with E-state index in [0.717, 1.165) is 0 Å². The lowest BCUT2D eigenvalue weighted by Gasteiger charge is -2.14. The fraction of sp³-hybridized carbons (Fsp3) is 0.500. The van der Waals surface area contributed by atoms with Crippen LogP contribution < -0.4 is 0 Å². The van der Waals surface area contributed by atoms with Crippen LogP contribution in [0.15, 0.2) is 24.8 Å². The molecular weight excluding hydrogens is 112 g/mol. The Balaban J connectivity index is 3.84. The molecule has 0 aliphatic heterocycles. The van der Waals surface area contributed by atoms with Crippen molar-refractivity contribution in [1.29, 1.82) is 0 Å². The van der Waals surface area contributed by atoms with Gasteiger partial charge in [0.05, 0.1) is 6.61 Å². The number of aliphatic hydroxyl groups excluding tert-OH is 1. The molecule has 0 aliphatic rings. The van der Waals surface area contributed by atoms with Gasteiger partial charge in [-0.1, -0.05) is 38.7 Å². The van der Waals surface area contributed by atoms with Crippen LogP contribution in [0.25, 0.3) is 0 Å². The predicted molar refractivity (Wildman–Crippen MR) is 40.2 cm³/mol. The lowest BCUT2D eigenvalue weighted by molar-refractivity contribution is 0.199. The third kappa shape index (κ3) is 3.98. The van der Waals surface area contributed by atoms with Crippen LogP contribution in [0.5, 0.6) is 0 Å². The average molecular weight is 126 g/mol. The Hall–Kier alpha value is -0.560. The van der Waals surface area contributed by atoms with E-state index in [0.29, 0.717) is 0 Å². The van der Waals surface area contributed by atoms with E-state index >= 15 is 0 Å². The van der Waals surface area contributed by atoms with Gasteiger partial charge in [-0.2, -0.15) is 0 Å². The summed E-state index contributed by atoms with van der Waals surface area (Å²) >= 11 is 0.